The van der Waals surface area contributed by atoms with Gasteiger partial charge in [-0.2, -0.15) is 0 Å². The Morgan fingerprint density at radius 2 is 1.65 bits per heavy atom. The minimum atomic E-state index is -1.32. The summed E-state index contributed by atoms with van der Waals surface area (Å²) in [7, 11) is 0. The number of hydrogen-bond acceptors (Lipinski definition) is 8. The molecule has 2 N–H and O–H groups in total. The van der Waals surface area contributed by atoms with Gasteiger partial charge in [-0.1, -0.05) is 25.0 Å². The summed E-state index contributed by atoms with van der Waals surface area (Å²) in [4.78, 5) is 40.2. The number of fused-ring (bicyclic) bond motifs is 4. The Morgan fingerprint density at radius 3 is 2.21 bits per heavy atom. The fourth-order valence-corrected chi connectivity index (χ4v) is 9.65. The average Bonchev–Trinajstić information content (AvgIpc) is 3.23. The standard InChI is InChI=1S/C34H51NO8/c1-19(36)41-27-17-25-26(35-9)16-22-23-10-11-29(34(8,40)30(43-21(3)38)13-14-31(4,5)39)32(23,6)15-12-24(22)33(25,7)18-28(27)42-20(2)37/h24-30,39-40H,10-18H2,1-8H3/t24-,25-,26+,27+,28-,29-,30+,32-,33+,34+/m0/s1. The lowest BCUT2D eigenvalue weighted by atomic mass is 9.47. The van der Waals surface area contributed by atoms with Crippen LogP contribution in [0.5, 0.6) is 0 Å². The minimum absolute atomic E-state index is 0.00430. The molecule has 0 radical (unpaired) electrons. The molecule has 9 heteroatoms. The quantitative estimate of drug-likeness (QED) is 0.166. The van der Waals surface area contributed by atoms with Crippen molar-refractivity contribution >= 4 is 17.9 Å². The van der Waals surface area contributed by atoms with Gasteiger partial charge in [0.15, 0.2) is 0 Å². The highest BCUT2D eigenvalue weighted by atomic mass is 16.6. The van der Waals surface area contributed by atoms with Crippen molar-refractivity contribution in [3.8, 4) is 0 Å². The molecule has 4 aliphatic rings. The Balaban J connectivity index is 1.70. The minimum Gasteiger partial charge on any atom is -0.459 e. The van der Waals surface area contributed by atoms with Crippen molar-refractivity contribution in [2.45, 2.75) is 149 Å². The summed E-state index contributed by atoms with van der Waals surface area (Å²) in [6, 6.07) is -0.289. The van der Waals surface area contributed by atoms with Crippen molar-refractivity contribution in [3.05, 3.63) is 22.6 Å². The number of carbonyl (C=O) groups excluding carboxylic acids is 3. The molecule has 3 fully saturated rings. The molecule has 0 heterocycles. The highest BCUT2D eigenvalue weighted by Crippen LogP contribution is 2.67. The molecular weight excluding hydrogens is 550 g/mol. The number of nitrogens with zero attached hydrogens (tertiary/aromatic N) is 1. The smallest absolute Gasteiger partial charge is 0.303 e. The molecule has 0 bridgehead atoms. The van der Waals surface area contributed by atoms with E-state index in [1.807, 2.05) is 0 Å². The van der Waals surface area contributed by atoms with E-state index in [9.17, 15) is 24.6 Å². The molecule has 0 spiro atoms. The number of esters is 3. The molecule has 0 amide bonds. The summed E-state index contributed by atoms with van der Waals surface area (Å²) >= 11 is 0. The molecular formula is C34H51NO8. The summed E-state index contributed by atoms with van der Waals surface area (Å²) < 4.78 is 17.1. The van der Waals surface area contributed by atoms with Gasteiger partial charge in [-0.25, -0.2) is 6.57 Å². The fourth-order valence-electron chi connectivity index (χ4n) is 9.65. The summed E-state index contributed by atoms with van der Waals surface area (Å²) in [5.74, 6) is -1.27. The molecule has 4 aliphatic carbocycles. The van der Waals surface area contributed by atoms with Gasteiger partial charge in [0, 0.05) is 39.0 Å². The van der Waals surface area contributed by atoms with E-state index in [2.05, 4.69) is 18.7 Å². The first-order chi connectivity index (χ1) is 19.8. The van der Waals surface area contributed by atoms with Gasteiger partial charge in [0.25, 0.3) is 0 Å². The molecule has 4 rings (SSSR count). The Bertz CT molecular complexity index is 1190. The SMILES string of the molecule is [C-]#[N+][C@@H]1CC2=C3CC[C@H]([C@@](C)(O)[C@@H](CCC(C)(C)O)OC(C)=O)[C@@]3(C)CC[C@@H]2[C@@]2(C)C[C@H](OC(C)=O)[C@H](OC(C)=O)C[C@@H]12. The molecule has 0 unspecified atom stereocenters. The third-order valence-corrected chi connectivity index (χ3v) is 11.5. The number of carbonyl (C=O) groups is 3. The van der Waals surface area contributed by atoms with Crippen molar-refractivity contribution < 1.29 is 38.8 Å². The highest BCUT2D eigenvalue weighted by molar-refractivity contribution is 5.67. The molecule has 0 aliphatic heterocycles. The largest absolute Gasteiger partial charge is 0.459 e. The number of ether oxygens (including phenoxy) is 3. The van der Waals surface area contributed by atoms with Crippen LogP contribution < -0.4 is 0 Å². The first-order valence-corrected chi connectivity index (χ1v) is 15.9. The highest BCUT2D eigenvalue weighted by Gasteiger charge is 2.64. The van der Waals surface area contributed by atoms with Gasteiger partial charge in [-0.05, 0) is 88.9 Å². The van der Waals surface area contributed by atoms with Gasteiger partial charge in [0.05, 0.1) is 5.60 Å². The van der Waals surface area contributed by atoms with Gasteiger partial charge < -0.3 is 29.3 Å². The molecule has 0 saturated heterocycles. The zero-order valence-electron chi connectivity index (χ0n) is 27.2. The van der Waals surface area contributed by atoms with E-state index in [4.69, 9.17) is 20.8 Å². The third kappa shape index (κ3) is 6.38. The number of aliphatic hydroxyl groups is 2. The van der Waals surface area contributed by atoms with E-state index in [0.29, 0.717) is 32.1 Å². The Hall–Kier alpha value is -2.44. The third-order valence-electron chi connectivity index (χ3n) is 11.5. The van der Waals surface area contributed by atoms with Crippen LogP contribution in [0, 0.1) is 35.2 Å². The second-order valence-electron chi connectivity index (χ2n) is 15.0. The van der Waals surface area contributed by atoms with Gasteiger partial charge in [0.2, 0.25) is 6.04 Å². The summed E-state index contributed by atoms with van der Waals surface area (Å²) in [5.41, 5.74) is -0.300. The average molecular weight is 602 g/mol. The van der Waals surface area contributed by atoms with Crippen LogP contribution in [-0.2, 0) is 28.6 Å². The topological polar surface area (TPSA) is 124 Å². The molecule has 43 heavy (non-hydrogen) atoms. The molecule has 240 valence electrons. The van der Waals surface area contributed by atoms with Gasteiger partial charge in [-0.15, -0.1) is 0 Å². The zero-order chi connectivity index (χ0) is 32.1. The van der Waals surface area contributed by atoms with E-state index in [1.165, 1.54) is 31.9 Å². The molecule has 0 aromatic heterocycles. The first kappa shape index (κ1) is 33.5. The lowest BCUT2D eigenvalue weighted by molar-refractivity contribution is -0.184. The van der Waals surface area contributed by atoms with E-state index in [1.54, 1.807) is 20.8 Å². The normalized spacial score (nSPS) is 37.5. The van der Waals surface area contributed by atoms with Crippen LogP contribution in [0.3, 0.4) is 0 Å². The first-order valence-electron chi connectivity index (χ1n) is 15.9. The summed E-state index contributed by atoms with van der Waals surface area (Å²) in [6.45, 7) is 21.9. The monoisotopic (exact) mass is 601 g/mol. The maximum atomic E-state index is 12.2. The van der Waals surface area contributed by atoms with Crippen LogP contribution in [0.4, 0.5) is 0 Å². The second-order valence-corrected chi connectivity index (χ2v) is 15.0. The van der Waals surface area contributed by atoms with E-state index < -0.39 is 47.4 Å². The number of rotatable bonds is 8. The van der Waals surface area contributed by atoms with Crippen molar-refractivity contribution in [3.63, 3.8) is 0 Å². The Morgan fingerprint density at radius 1 is 1.02 bits per heavy atom. The van der Waals surface area contributed by atoms with Gasteiger partial charge in [0.1, 0.15) is 23.9 Å². The molecule has 0 aromatic rings. The van der Waals surface area contributed by atoms with Crippen molar-refractivity contribution in [2.24, 2.45) is 28.6 Å². The molecule has 9 nitrogen and oxygen atoms in total. The van der Waals surface area contributed by atoms with Crippen LogP contribution in [-0.4, -0.2) is 63.7 Å². The Labute approximate surface area is 256 Å². The van der Waals surface area contributed by atoms with Gasteiger partial charge >= 0.3 is 17.9 Å². The lowest BCUT2D eigenvalue weighted by Crippen LogP contribution is -2.58. The molecule has 0 aromatic carbocycles. The number of allylic oxidation sites excluding steroid dienone is 1. The Kier molecular flexibility index (Phi) is 9.19. The van der Waals surface area contributed by atoms with Gasteiger partial charge in [-0.3, -0.25) is 14.4 Å². The van der Waals surface area contributed by atoms with Crippen LogP contribution in [0.15, 0.2) is 11.1 Å². The van der Waals surface area contributed by atoms with Crippen LogP contribution >= 0.6 is 0 Å². The van der Waals surface area contributed by atoms with E-state index >= 15 is 0 Å². The zero-order valence-corrected chi connectivity index (χ0v) is 27.2. The van der Waals surface area contributed by atoms with E-state index in [-0.39, 0.29) is 34.6 Å². The van der Waals surface area contributed by atoms with E-state index in [0.717, 1.165) is 25.7 Å². The fraction of sp³-hybridized carbons (Fsp3) is 0.824. The molecule has 3 saturated carbocycles. The van der Waals surface area contributed by atoms with Crippen molar-refractivity contribution in [1.82, 2.24) is 0 Å². The predicted molar refractivity (Wildman–Crippen MR) is 159 cm³/mol. The van der Waals surface area contributed by atoms with Crippen molar-refractivity contribution in [1.29, 1.82) is 0 Å². The van der Waals surface area contributed by atoms with Crippen LogP contribution in [0.2, 0.25) is 0 Å². The summed E-state index contributed by atoms with van der Waals surface area (Å²) in [6.07, 6.45) is 3.73. The maximum absolute atomic E-state index is 12.2. The maximum Gasteiger partial charge on any atom is 0.303 e. The molecule has 10 atom stereocenters. The predicted octanol–water partition coefficient (Wildman–Crippen LogP) is 5.31. The van der Waals surface area contributed by atoms with Crippen LogP contribution in [0.25, 0.3) is 4.85 Å². The second kappa shape index (κ2) is 11.8. The van der Waals surface area contributed by atoms with Crippen molar-refractivity contribution in [2.75, 3.05) is 0 Å². The lowest BCUT2D eigenvalue weighted by Gasteiger charge is -2.58. The number of hydrogen-bond donors (Lipinski definition) is 2. The summed E-state index contributed by atoms with van der Waals surface area (Å²) in [5, 5.41) is 22.5. The van der Waals surface area contributed by atoms with Crippen LogP contribution in [0.1, 0.15) is 113 Å².